The molecular weight excluding hydrogens is 250 g/mol. The fourth-order valence-corrected chi connectivity index (χ4v) is 4.63. The zero-order valence-electron chi connectivity index (χ0n) is 12.5. The van der Waals surface area contributed by atoms with E-state index in [1.807, 2.05) is 0 Å². The van der Waals surface area contributed by atoms with E-state index in [0.29, 0.717) is 11.3 Å². The highest BCUT2D eigenvalue weighted by atomic mass is 32.2. The van der Waals surface area contributed by atoms with Crippen LogP contribution in [0.3, 0.4) is 0 Å². The summed E-state index contributed by atoms with van der Waals surface area (Å²) in [6, 6.07) is 9.58. The minimum atomic E-state index is 0.660. The molecule has 0 amide bonds. The number of hydrogen-bond acceptors (Lipinski definition) is 2. The van der Waals surface area contributed by atoms with Crippen LogP contribution in [0.25, 0.3) is 0 Å². The molecule has 1 aliphatic heterocycles. The predicted molar refractivity (Wildman–Crippen MR) is 85.9 cm³/mol. The van der Waals surface area contributed by atoms with Crippen LogP contribution in [0.2, 0.25) is 0 Å². The lowest BCUT2D eigenvalue weighted by Gasteiger charge is -2.31. The van der Waals surface area contributed by atoms with E-state index in [1.54, 1.807) is 5.56 Å². The second-order valence-corrected chi connectivity index (χ2v) is 6.81. The lowest BCUT2D eigenvalue weighted by atomic mass is 9.89. The van der Waals surface area contributed by atoms with Crippen molar-refractivity contribution in [2.75, 3.05) is 6.54 Å². The van der Waals surface area contributed by atoms with Crippen molar-refractivity contribution in [2.45, 2.75) is 62.6 Å². The third kappa shape index (κ3) is 3.55. The van der Waals surface area contributed by atoms with Gasteiger partial charge in [-0.25, -0.2) is 0 Å². The van der Waals surface area contributed by atoms with Crippen LogP contribution in [0, 0.1) is 5.92 Å². The van der Waals surface area contributed by atoms with Gasteiger partial charge in [0, 0.05) is 16.2 Å². The van der Waals surface area contributed by atoms with Crippen LogP contribution < -0.4 is 5.32 Å². The second-order valence-electron chi connectivity index (χ2n) is 5.52. The topological polar surface area (TPSA) is 12.0 Å². The third-order valence-electron chi connectivity index (χ3n) is 4.26. The molecule has 0 fully saturated rings. The SMILES string of the molecule is CCCNC(C(CC)CC)C1Cc2ccccc2S1. The number of fused-ring (bicyclic) bond motifs is 1. The van der Waals surface area contributed by atoms with Crippen molar-refractivity contribution in [3.8, 4) is 0 Å². The molecule has 0 bridgehead atoms. The van der Waals surface area contributed by atoms with Gasteiger partial charge in [-0.15, -0.1) is 11.8 Å². The highest BCUT2D eigenvalue weighted by Gasteiger charge is 2.32. The molecule has 0 saturated carbocycles. The Morgan fingerprint density at radius 3 is 2.58 bits per heavy atom. The maximum Gasteiger partial charge on any atom is 0.0291 e. The number of hydrogen-bond donors (Lipinski definition) is 1. The van der Waals surface area contributed by atoms with Gasteiger partial charge in [-0.05, 0) is 36.9 Å². The fourth-order valence-electron chi connectivity index (χ4n) is 3.12. The maximum absolute atomic E-state index is 3.83. The van der Waals surface area contributed by atoms with Gasteiger partial charge in [0.1, 0.15) is 0 Å². The van der Waals surface area contributed by atoms with Crippen LogP contribution >= 0.6 is 11.8 Å². The van der Waals surface area contributed by atoms with Crippen molar-refractivity contribution in [3.63, 3.8) is 0 Å². The summed E-state index contributed by atoms with van der Waals surface area (Å²) in [5, 5.41) is 4.54. The van der Waals surface area contributed by atoms with Crippen molar-refractivity contribution in [1.82, 2.24) is 5.32 Å². The largest absolute Gasteiger partial charge is 0.313 e. The number of benzene rings is 1. The Morgan fingerprint density at radius 1 is 1.21 bits per heavy atom. The van der Waals surface area contributed by atoms with Crippen molar-refractivity contribution in [2.24, 2.45) is 5.92 Å². The lowest BCUT2D eigenvalue weighted by molar-refractivity contribution is 0.326. The van der Waals surface area contributed by atoms with E-state index < -0.39 is 0 Å². The Hall–Kier alpha value is -0.470. The Balaban J connectivity index is 2.08. The maximum atomic E-state index is 3.83. The molecule has 0 saturated heterocycles. The Kier molecular flexibility index (Phi) is 5.77. The predicted octanol–water partition coefficient (Wildman–Crippen LogP) is 4.51. The van der Waals surface area contributed by atoms with E-state index in [0.717, 1.165) is 12.5 Å². The first kappa shape index (κ1) is 14.9. The summed E-state index contributed by atoms with van der Waals surface area (Å²) in [4.78, 5) is 1.50. The van der Waals surface area contributed by atoms with Crippen LogP contribution in [0.15, 0.2) is 29.2 Å². The number of thioether (sulfide) groups is 1. The first-order chi connectivity index (χ1) is 9.30. The standard InChI is InChI=1S/C17H27NS/c1-4-11-18-17(13(5-2)6-3)16-12-14-9-7-8-10-15(14)19-16/h7-10,13,16-18H,4-6,11-12H2,1-3H3. The first-order valence-corrected chi connectivity index (χ1v) is 8.66. The highest BCUT2D eigenvalue weighted by molar-refractivity contribution is 8.00. The van der Waals surface area contributed by atoms with Crippen molar-refractivity contribution >= 4 is 11.8 Å². The molecule has 1 N–H and O–H groups in total. The summed E-state index contributed by atoms with van der Waals surface area (Å²) in [5.74, 6) is 0.804. The van der Waals surface area contributed by atoms with Crippen LogP contribution in [-0.2, 0) is 6.42 Å². The lowest BCUT2D eigenvalue weighted by Crippen LogP contribution is -2.44. The smallest absolute Gasteiger partial charge is 0.0291 e. The van der Waals surface area contributed by atoms with E-state index in [2.05, 4.69) is 62.1 Å². The first-order valence-electron chi connectivity index (χ1n) is 7.78. The monoisotopic (exact) mass is 277 g/mol. The zero-order chi connectivity index (χ0) is 13.7. The second kappa shape index (κ2) is 7.35. The molecule has 0 radical (unpaired) electrons. The Bertz CT molecular complexity index is 362. The van der Waals surface area contributed by atoms with Crippen molar-refractivity contribution in [1.29, 1.82) is 0 Å². The van der Waals surface area contributed by atoms with Crippen molar-refractivity contribution in [3.05, 3.63) is 29.8 Å². The minimum Gasteiger partial charge on any atom is -0.313 e. The Morgan fingerprint density at radius 2 is 1.95 bits per heavy atom. The molecule has 2 rings (SSSR count). The van der Waals surface area contributed by atoms with E-state index >= 15 is 0 Å². The molecule has 1 aliphatic rings. The zero-order valence-corrected chi connectivity index (χ0v) is 13.3. The third-order valence-corrected chi connectivity index (χ3v) is 5.67. The van der Waals surface area contributed by atoms with Gasteiger partial charge in [0.2, 0.25) is 0 Å². The molecule has 0 spiro atoms. The average Bonchev–Trinajstić information content (AvgIpc) is 2.87. The van der Waals surface area contributed by atoms with Crippen LogP contribution in [0.5, 0.6) is 0 Å². The van der Waals surface area contributed by atoms with Gasteiger partial charge in [-0.3, -0.25) is 0 Å². The van der Waals surface area contributed by atoms with Crippen LogP contribution in [-0.4, -0.2) is 17.8 Å². The van der Waals surface area contributed by atoms with Crippen LogP contribution in [0.1, 0.15) is 45.6 Å². The summed E-state index contributed by atoms with van der Waals surface area (Å²) < 4.78 is 0. The van der Waals surface area contributed by atoms with Crippen LogP contribution in [0.4, 0.5) is 0 Å². The molecular formula is C17H27NS. The summed E-state index contributed by atoms with van der Waals surface area (Å²) in [5.41, 5.74) is 1.55. The molecule has 2 atom stereocenters. The van der Waals surface area contributed by atoms with Gasteiger partial charge in [-0.1, -0.05) is 51.8 Å². The summed E-state index contributed by atoms with van der Waals surface area (Å²) in [7, 11) is 0. The van der Waals surface area contributed by atoms with Gasteiger partial charge in [-0.2, -0.15) is 0 Å². The normalized spacial score (nSPS) is 19.7. The molecule has 1 aromatic carbocycles. The van der Waals surface area contributed by atoms with Gasteiger partial charge < -0.3 is 5.32 Å². The number of nitrogens with one attached hydrogen (secondary N) is 1. The highest BCUT2D eigenvalue weighted by Crippen LogP contribution is 2.40. The number of rotatable bonds is 7. The van der Waals surface area contributed by atoms with Gasteiger partial charge in [0.25, 0.3) is 0 Å². The van der Waals surface area contributed by atoms with Crippen molar-refractivity contribution < 1.29 is 0 Å². The van der Waals surface area contributed by atoms with E-state index in [-0.39, 0.29) is 0 Å². The van der Waals surface area contributed by atoms with Gasteiger partial charge in [0.15, 0.2) is 0 Å². The molecule has 1 heterocycles. The molecule has 1 aromatic rings. The summed E-state index contributed by atoms with van der Waals surface area (Å²) >= 11 is 2.09. The minimum absolute atomic E-state index is 0.660. The molecule has 1 nitrogen and oxygen atoms in total. The summed E-state index contributed by atoms with van der Waals surface area (Å²) in [6.07, 6.45) is 5.02. The molecule has 0 aliphatic carbocycles. The average molecular weight is 277 g/mol. The van der Waals surface area contributed by atoms with E-state index in [4.69, 9.17) is 0 Å². The fraction of sp³-hybridized carbons (Fsp3) is 0.647. The van der Waals surface area contributed by atoms with Gasteiger partial charge >= 0.3 is 0 Å². The molecule has 106 valence electrons. The quantitative estimate of drug-likeness (QED) is 0.787. The van der Waals surface area contributed by atoms with E-state index in [9.17, 15) is 0 Å². The van der Waals surface area contributed by atoms with Gasteiger partial charge in [0.05, 0.1) is 0 Å². The Labute approximate surface area is 122 Å². The molecule has 2 heteroatoms. The molecule has 19 heavy (non-hydrogen) atoms. The molecule has 0 aromatic heterocycles. The van der Waals surface area contributed by atoms with E-state index in [1.165, 1.54) is 30.6 Å². The summed E-state index contributed by atoms with van der Waals surface area (Å²) in [6.45, 7) is 8.07. The molecule has 2 unspecified atom stereocenters.